The first-order chi connectivity index (χ1) is 5.75. The highest BCUT2D eigenvalue weighted by molar-refractivity contribution is 8.34. The fraction of sp³-hybridized carbons (Fsp3) is 1.00. The van der Waals surface area contributed by atoms with E-state index >= 15 is 0 Å². The summed E-state index contributed by atoms with van der Waals surface area (Å²) in [5.74, 6) is 0. The predicted octanol–water partition coefficient (Wildman–Crippen LogP) is 4.49. The molecule has 0 amide bonds. The van der Waals surface area contributed by atoms with Crippen molar-refractivity contribution < 1.29 is 8.78 Å². The molecule has 14 heavy (non-hydrogen) atoms. The summed E-state index contributed by atoms with van der Waals surface area (Å²) >= 11 is 0. The summed E-state index contributed by atoms with van der Waals surface area (Å²) in [6.45, 7) is 10.6. The highest BCUT2D eigenvalue weighted by Crippen LogP contribution is 2.69. The van der Waals surface area contributed by atoms with Crippen LogP contribution in [0.4, 0.5) is 8.78 Å². The molecule has 0 N–H and O–H groups in total. The first-order valence-electron chi connectivity index (χ1n) is 4.85. The molecule has 0 aliphatic carbocycles. The third-order valence-electron chi connectivity index (χ3n) is 3.04. The second kappa shape index (κ2) is 3.36. The van der Waals surface area contributed by atoms with Crippen molar-refractivity contribution in [3.05, 3.63) is 0 Å². The van der Waals surface area contributed by atoms with E-state index in [1.807, 2.05) is 20.8 Å². The van der Waals surface area contributed by atoms with Gasteiger partial charge < -0.3 is 0 Å². The average Bonchev–Trinajstić information content (AvgIpc) is 1.81. The zero-order valence-electron chi connectivity index (χ0n) is 10.7. The lowest BCUT2D eigenvalue weighted by Crippen LogP contribution is -2.45. The Morgan fingerprint density at radius 1 is 0.786 bits per heavy atom. The van der Waals surface area contributed by atoms with E-state index in [1.54, 1.807) is 33.3 Å². The first-order valence-corrected chi connectivity index (χ1v) is 7.30. The van der Waals surface area contributed by atoms with Crippen molar-refractivity contribution >= 4 is 10.0 Å². The van der Waals surface area contributed by atoms with Crippen molar-refractivity contribution in [1.82, 2.24) is 0 Å². The summed E-state index contributed by atoms with van der Waals surface area (Å²) in [6, 6.07) is 0. The molecule has 0 aromatic rings. The molecule has 0 spiro atoms. The minimum absolute atomic E-state index is 0.330. The molecule has 0 saturated heterocycles. The molecule has 3 heteroatoms. The van der Waals surface area contributed by atoms with Gasteiger partial charge in [-0.2, -0.15) is 18.8 Å². The number of hydrogen-bond acceptors (Lipinski definition) is 0. The van der Waals surface area contributed by atoms with Crippen LogP contribution in [0.25, 0.3) is 0 Å². The van der Waals surface area contributed by atoms with Crippen LogP contribution < -0.4 is 0 Å². The van der Waals surface area contributed by atoms with Gasteiger partial charge in [0.05, 0.1) is 0 Å². The van der Waals surface area contributed by atoms with Crippen molar-refractivity contribution in [3.63, 3.8) is 0 Å². The van der Waals surface area contributed by atoms with Crippen LogP contribution >= 0.6 is 10.0 Å². The molecule has 0 atom stereocenters. The number of alkyl halides is 2. The van der Waals surface area contributed by atoms with Crippen LogP contribution in [-0.4, -0.2) is 22.5 Å². The first kappa shape index (κ1) is 14.2. The van der Waals surface area contributed by atoms with Gasteiger partial charge in [0.2, 0.25) is 0 Å². The zero-order chi connectivity index (χ0) is 12.0. The van der Waals surface area contributed by atoms with E-state index in [0.717, 1.165) is 0 Å². The summed E-state index contributed by atoms with van der Waals surface area (Å²) in [4.78, 5) is 0. The third kappa shape index (κ3) is 2.07. The molecule has 0 fully saturated rings. The predicted molar refractivity (Wildman–Crippen MR) is 63.6 cm³/mol. The average molecular weight is 226 g/mol. The highest BCUT2D eigenvalue weighted by Gasteiger charge is 2.56. The van der Waals surface area contributed by atoms with Crippen LogP contribution in [0.5, 0.6) is 0 Å². The van der Waals surface area contributed by atoms with Crippen molar-refractivity contribution in [2.45, 2.75) is 51.5 Å². The standard InChI is InChI=1S/C11H24F2S/c1-9(2,3)11(12,13)14(7,8)10(4,5)6/h1-8H3. The largest absolute Gasteiger partial charge is 0.283 e. The van der Waals surface area contributed by atoms with Gasteiger partial charge in [-0.05, 0) is 17.3 Å². The van der Waals surface area contributed by atoms with Gasteiger partial charge in [-0.15, -0.1) is 0 Å². The second-order valence-corrected chi connectivity index (χ2v) is 10.6. The molecule has 0 aliphatic rings. The highest BCUT2D eigenvalue weighted by atomic mass is 32.3. The lowest BCUT2D eigenvalue weighted by Gasteiger charge is -2.54. The summed E-state index contributed by atoms with van der Waals surface area (Å²) in [5.41, 5.74) is -0.959. The quantitative estimate of drug-likeness (QED) is 0.618. The minimum atomic E-state index is -2.60. The molecular formula is C11H24F2S. The maximum absolute atomic E-state index is 14.2. The Labute approximate surface area is 88.8 Å². The molecule has 0 unspecified atom stereocenters. The van der Waals surface area contributed by atoms with Crippen LogP contribution in [0.2, 0.25) is 0 Å². The topological polar surface area (TPSA) is 0 Å². The van der Waals surface area contributed by atoms with Gasteiger partial charge in [0.15, 0.2) is 0 Å². The summed E-state index contributed by atoms with van der Waals surface area (Å²) in [6.07, 6.45) is 3.47. The molecular weight excluding hydrogens is 202 g/mol. The Morgan fingerprint density at radius 3 is 1.14 bits per heavy atom. The number of rotatable bonds is 1. The second-order valence-electron chi connectivity index (χ2n) is 6.21. The lowest BCUT2D eigenvalue weighted by molar-refractivity contribution is -0.0114. The monoisotopic (exact) mass is 226 g/mol. The van der Waals surface area contributed by atoms with Gasteiger partial charge in [0.25, 0.3) is 5.25 Å². The van der Waals surface area contributed by atoms with Crippen LogP contribution in [0.1, 0.15) is 41.5 Å². The van der Waals surface area contributed by atoms with Gasteiger partial charge >= 0.3 is 0 Å². The van der Waals surface area contributed by atoms with E-state index in [0.29, 0.717) is 0 Å². The van der Waals surface area contributed by atoms with E-state index in [1.165, 1.54) is 0 Å². The SMILES string of the molecule is CC(C)(C)C(F)(F)S(C)(C)C(C)(C)C. The Bertz CT molecular complexity index is 182. The van der Waals surface area contributed by atoms with Crippen LogP contribution in [0, 0.1) is 5.41 Å². The van der Waals surface area contributed by atoms with E-state index in [-0.39, 0.29) is 4.75 Å². The zero-order valence-corrected chi connectivity index (χ0v) is 11.5. The van der Waals surface area contributed by atoms with Crippen LogP contribution in [0.15, 0.2) is 0 Å². The third-order valence-corrected chi connectivity index (χ3v) is 8.00. The van der Waals surface area contributed by atoms with E-state index < -0.39 is 20.7 Å². The van der Waals surface area contributed by atoms with Gasteiger partial charge in [-0.25, -0.2) is 0 Å². The normalized spacial score (nSPS) is 17.0. The number of hydrogen-bond donors (Lipinski definition) is 0. The van der Waals surface area contributed by atoms with Gasteiger partial charge in [0, 0.05) is 5.41 Å². The fourth-order valence-electron chi connectivity index (χ4n) is 1.15. The Hall–Kier alpha value is 0.210. The molecule has 88 valence electrons. The maximum Gasteiger partial charge on any atom is 0.283 e. The van der Waals surface area contributed by atoms with E-state index in [2.05, 4.69) is 0 Å². The van der Waals surface area contributed by atoms with Crippen molar-refractivity contribution in [1.29, 1.82) is 0 Å². The smallest absolute Gasteiger partial charge is 0.195 e. The maximum atomic E-state index is 14.2. The Morgan fingerprint density at radius 2 is 1.07 bits per heavy atom. The van der Waals surface area contributed by atoms with E-state index in [9.17, 15) is 8.78 Å². The molecule has 0 rings (SSSR count). The van der Waals surface area contributed by atoms with Gasteiger partial charge in [-0.1, -0.05) is 41.5 Å². The molecule has 0 bridgehead atoms. The Kier molecular flexibility index (Phi) is 3.41. The summed E-state index contributed by atoms with van der Waals surface area (Å²) in [7, 11) is -1.97. The lowest BCUT2D eigenvalue weighted by atomic mass is 9.97. The van der Waals surface area contributed by atoms with Gasteiger partial charge in [0.1, 0.15) is 0 Å². The minimum Gasteiger partial charge on any atom is -0.195 e. The Balaban J connectivity index is 5.30. The fourth-order valence-corrected chi connectivity index (χ4v) is 3.45. The molecule has 0 aromatic heterocycles. The summed E-state index contributed by atoms with van der Waals surface area (Å²) in [5, 5.41) is -2.60. The molecule has 0 nitrogen and oxygen atoms in total. The van der Waals surface area contributed by atoms with Crippen molar-refractivity contribution in [3.8, 4) is 0 Å². The molecule has 0 saturated carbocycles. The summed E-state index contributed by atoms with van der Waals surface area (Å²) < 4.78 is 28.2. The molecule has 0 aliphatic heterocycles. The van der Waals surface area contributed by atoms with Crippen LogP contribution in [0.3, 0.4) is 0 Å². The molecule has 0 heterocycles. The number of halogens is 2. The van der Waals surface area contributed by atoms with Crippen LogP contribution in [-0.2, 0) is 0 Å². The molecule has 0 radical (unpaired) electrons. The van der Waals surface area contributed by atoms with Crippen molar-refractivity contribution in [2.75, 3.05) is 12.5 Å². The van der Waals surface area contributed by atoms with Crippen molar-refractivity contribution in [2.24, 2.45) is 5.41 Å². The molecule has 0 aromatic carbocycles. The van der Waals surface area contributed by atoms with Gasteiger partial charge in [-0.3, -0.25) is 0 Å². The van der Waals surface area contributed by atoms with E-state index in [4.69, 9.17) is 0 Å².